The maximum Gasteiger partial charge on any atom is 0.307 e. The van der Waals surface area contributed by atoms with Crippen LogP contribution in [0, 0.1) is 11.8 Å². The molecule has 0 amide bonds. The molecule has 3 atom stereocenters. The molecule has 0 aliphatic heterocycles. The van der Waals surface area contributed by atoms with Gasteiger partial charge in [-0.1, -0.05) is 30.3 Å². The molecule has 0 unspecified atom stereocenters. The molecule has 0 saturated heterocycles. The zero-order chi connectivity index (χ0) is 13.1. The molecule has 1 aliphatic rings. The lowest BCUT2D eigenvalue weighted by molar-refractivity contribution is -0.155. The van der Waals surface area contributed by atoms with Gasteiger partial charge in [0, 0.05) is 0 Å². The molecular formula is C14H16O4. The predicted octanol–water partition coefficient (Wildman–Crippen LogP) is 2.36. The molecule has 0 spiro atoms. The number of carboxylic acids is 2. The Labute approximate surface area is 105 Å². The third-order valence-corrected chi connectivity index (χ3v) is 3.76. The molecule has 1 saturated carbocycles. The van der Waals surface area contributed by atoms with Crippen LogP contribution in [0.1, 0.15) is 30.7 Å². The average molecular weight is 248 g/mol. The Morgan fingerprint density at radius 1 is 0.944 bits per heavy atom. The molecule has 0 bridgehead atoms. The normalized spacial score (nSPS) is 27.7. The number of hydrogen-bond donors (Lipinski definition) is 2. The highest BCUT2D eigenvalue weighted by Gasteiger charge is 2.39. The molecule has 4 nitrogen and oxygen atoms in total. The van der Waals surface area contributed by atoms with Gasteiger partial charge in [-0.15, -0.1) is 0 Å². The van der Waals surface area contributed by atoms with Crippen LogP contribution in [0.3, 0.4) is 0 Å². The Morgan fingerprint density at radius 3 is 2.11 bits per heavy atom. The Hall–Kier alpha value is -1.84. The van der Waals surface area contributed by atoms with E-state index in [0.717, 1.165) is 12.0 Å². The summed E-state index contributed by atoms with van der Waals surface area (Å²) in [4.78, 5) is 22.2. The van der Waals surface area contributed by atoms with Crippen LogP contribution >= 0.6 is 0 Å². The van der Waals surface area contributed by atoms with Gasteiger partial charge >= 0.3 is 11.9 Å². The van der Waals surface area contributed by atoms with Crippen LogP contribution in [0.25, 0.3) is 0 Å². The van der Waals surface area contributed by atoms with Crippen molar-refractivity contribution in [2.45, 2.75) is 25.2 Å². The van der Waals surface area contributed by atoms with Crippen molar-refractivity contribution in [2.75, 3.05) is 0 Å². The summed E-state index contributed by atoms with van der Waals surface area (Å²) in [6, 6.07) is 9.72. The second-order valence-corrected chi connectivity index (χ2v) is 4.81. The van der Waals surface area contributed by atoms with Crippen LogP contribution < -0.4 is 0 Å². The van der Waals surface area contributed by atoms with Crippen LogP contribution in [0.2, 0.25) is 0 Å². The van der Waals surface area contributed by atoms with Crippen molar-refractivity contribution >= 4 is 11.9 Å². The fourth-order valence-corrected chi connectivity index (χ4v) is 2.77. The summed E-state index contributed by atoms with van der Waals surface area (Å²) in [6.45, 7) is 0. The minimum absolute atomic E-state index is 0.155. The Balaban J connectivity index is 2.16. The smallest absolute Gasteiger partial charge is 0.307 e. The lowest BCUT2D eigenvalue weighted by Crippen LogP contribution is -2.35. The van der Waals surface area contributed by atoms with E-state index in [1.807, 2.05) is 30.3 Å². The van der Waals surface area contributed by atoms with Crippen molar-refractivity contribution < 1.29 is 19.8 Å². The van der Waals surface area contributed by atoms with Gasteiger partial charge in [-0.3, -0.25) is 9.59 Å². The van der Waals surface area contributed by atoms with E-state index in [9.17, 15) is 9.59 Å². The molecule has 4 heteroatoms. The third kappa shape index (κ3) is 2.53. The number of benzene rings is 1. The van der Waals surface area contributed by atoms with Crippen LogP contribution in [0.15, 0.2) is 30.3 Å². The van der Waals surface area contributed by atoms with Crippen molar-refractivity contribution in [3.8, 4) is 0 Å². The highest BCUT2D eigenvalue weighted by Crippen LogP contribution is 2.39. The molecule has 1 aliphatic carbocycles. The van der Waals surface area contributed by atoms with Gasteiger partial charge in [-0.05, 0) is 30.7 Å². The van der Waals surface area contributed by atoms with Crippen LogP contribution in [0.4, 0.5) is 0 Å². The Bertz CT molecular complexity index is 440. The first kappa shape index (κ1) is 12.6. The summed E-state index contributed by atoms with van der Waals surface area (Å²) < 4.78 is 0. The summed E-state index contributed by atoms with van der Waals surface area (Å²) in [5.41, 5.74) is 1.10. The minimum Gasteiger partial charge on any atom is -0.481 e. The zero-order valence-corrected chi connectivity index (χ0v) is 9.95. The first-order valence-corrected chi connectivity index (χ1v) is 6.10. The fourth-order valence-electron chi connectivity index (χ4n) is 2.77. The average Bonchev–Trinajstić information content (AvgIpc) is 2.39. The van der Waals surface area contributed by atoms with Crippen molar-refractivity contribution in [1.29, 1.82) is 0 Å². The van der Waals surface area contributed by atoms with Gasteiger partial charge in [-0.25, -0.2) is 0 Å². The molecule has 1 aromatic carbocycles. The largest absolute Gasteiger partial charge is 0.481 e. The van der Waals surface area contributed by atoms with Gasteiger partial charge in [-0.2, -0.15) is 0 Å². The topological polar surface area (TPSA) is 74.6 Å². The van der Waals surface area contributed by atoms with Crippen LogP contribution in [-0.2, 0) is 9.59 Å². The lowest BCUT2D eigenvalue weighted by atomic mass is 9.72. The SMILES string of the molecule is O=C(O)[C@H]1CC[C@H](c2ccccc2)C[C@H]1C(=O)O. The van der Waals surface area contributed by atoms with Crippen molar-refractivity contribution in [3.05, 3.63) is 35.9 Å². The third-order valence-electron chi connectivity index (χ3n) is 3.76. The fraction of sp³-hybridized carbons (Fsp3) is 0.429. The Kier molecular flexibility index (Phi) is 3.65. The first-order chi connectivity index (χ1) is 8.59. The molecule has 2 N–H and O–H groups in total. The molecule has 2 rings (SSSR count). The molecule has 1 fully saturated rings. The van der Waals surface area contributed by atoms with Crippen molar-refractivity contribution in [2.24, 2.45) is 11.8 Å². The molecule has 0 heterocycles. The highest BCUT2D eigenvalue weighted by atomic mass is 16.4. The summed E-state index contributed by atoms with van der Waals surface area (Å²) >= 11 is 0. The van der Waals surface area contributed by atoms with E-state index in [4.69, 9.17) is 10.2 Å². The van der Waals surface area contributed by atoms with E-state index in [1.54, 1.807) is 0 Å². The quantitative estimate of drug-likeness (QED) is 0.861. The summed E-state index contributed by atoms with van der Waals surface area (Å²) in [7, 11) is 0. The number of carboxylic acid groups (broad SMARTS) is 2. The summed E-state index contributed by atoms with van der Waals surface area (Å²) in [5, 5.41) is 18.2. The van der Waals surface area contributed by atoms with Gasteiger partial charge in [0.05, 0.1) is 11.8 Å². The Morgan fingerprint density at radius 2 is 1.56 bits per heavy atom. The monoisotopic (exact) mass is 248 g/mol. The number of aliphatic carboxylic acids is 2. The van der Waals surface area contributed by atoms with Gasteiger partial charge < -0.3 is 10.2 Å². The van der Waals surface area contributed by atoms with Crippen molar-refractivity contribution in [3.63, 3.8) is 0 Å². The number of rotatable bonds is 3. The predicted molar refractivity (Wildman–Crippen MR) is 65.3 cm³/mol. The van der Waals surface area contributed by atoms with E-state index in [1.165, 1.54) is 0 Å². The highest BCUT2D eigenvalue weighted by molar-refractivity contribution is 5.80. The van der Waals surface area contributed by atoms with Gasteiger partial charge in [0.15, 0.2) is 0 Å². The van der Waals surface area contributed by atoms with E-state index in [-0.39, 0.29) is 5.92 Å². The van der Waals surface area contributed by atoms with Gasteiger partial charge in [0.2, 0.25) is 0 Å². The van der Waals surface area contributed by atoms with Crippen LogP contribution in [-0.4, -0.2) is 22.2 Å². The zero-order valence-electron chi connectivity index (χ0n) is 9.95. The van der Waals surface area contributed by atoms with E-state index in [0.29, 0.717) is 12.8 Å². The molecule has 1 aromatic rings. The van der Waals surface area contributed by atoms with E-state index < -0.39 is 23.8 Å². The molecular weight excluding hydrogens is 232 g/mol. The molecule has 0 radical (unpaired) electrons. The minimum atomic E-state index is -0.997. The van der Waals surface area contributed by atoms with Gasteiger partial charge in [0.25, 0.3) is 0 Å². The maximum atomic E-state index is 11.2. The second-order valence-electron chi connectivity index (χ2n) is 4.81. The second kappa shape index (κ2) is 5.21. The molecule has 0 aromatic heterocycles. The van der Waals surface area contributed by atoms with Crippen LogP contribution in [0.5, 0.6) is 0 Å². The molecule has 96 valence electrons. The number of hydrogen-bond acceptors (Lipinski definition) is 2. The van der Waals surface area contributed by atoms with E-state index in [2.05, 4.69) is 0 Å². The summed E-state index contributed by atoms with van der Waals surface area (Å²) in [6.07, 6.45) is 1.59. The first-order valence-electron chi connectivity index (χ1n) is 6.10. The standard InChI is InChI=1S/C14H16O4/c15-13(16)11-7-6-10(8-12(11)14(17)18)9-4-2-1-3-5-9/h1-5,10-12H,6-8H2,(H,15,16)(H,17,18)/t10-,11-,12+/m0/s1. The lowest BCUT2D eigenvalue weighted by Gasteiger charge is -2.31. The maximum absolute atomic E-state index is 11.2. The van der Waals surface area contributed by atoms with Crippen molar-refractivity contribution in [1.82, 2.24) is 0 Å². The molecule has 18 heavy (non-hydrogen) atoms. The van der Waals surface area contributed by atoms with Gasteiger partial charge in [0.1, 0.15) is 0 Å². The summed E-state index contributed by atoms with van der Waals surface area (Å²) in [5.74, 6) is -3.36. The van der Waals surface area contributed by atoms with E-state index >= 15 is 0 Å². The number of carbonyl (C=O) groups is 2.